The minimum absolute atomic E-state index is 0.0667. The molecule has 1 unspecified atom stereocenters. The normalized spacial score (nSPS) is 13.3. The molecule has 44 heavy (non-hydrogen) atoms. The van der Waals surface area contributed by atoms with Crippen LogP contribution in [0.3, 0.4) is 0 Å². The fourth-order valence-electron chi connectivity index (χ4n) is 5.22. The lowest BCUT2D eigenvalue weighted by atomic mass is 9.99. The van der Waals surface area contributed by atoms with Crippen molar-refractivity contribution in [1.82, 2.24) is 41.2 Å². The Morgan fingerprint density at radius 2 is 1.59 bits per heavy atom. The molecule has 0 aliphatic rings. The van der Waals surface area contributed by atoms with E-state index in [-0.39, 0.29) is 23.9 Å². The van der Waals surface area contributed by atoms with Gasteiger partial charge in [-0.2, -0.15) is 0 Å². The third-order valence-corrected chi connectivity index (χ3v) is 7.72. The Labute approximate surface area is 257 Å². The van der Waals surface area contributed by atoms with Gasteiger partial charge in [0.15, 0.2) is 0 Å². The average molecular weight is 593 g/mol. The van der Waals surface area contributed by atoms with Crippen molar-refractivity contribution in [2.45, 2.75) is 57.9 Å². The molecule has 2 amide bonds. The Morgan fingerprint density at radius 1 is 0.818 bits per heavy atom. The second-order valence-electron chi connectivity index (χ2n) is 11.0. The number of aromatic amines is 2. The van der Waals surface area contributed by atoms with Crippen molar-refractivity contribution in [2.75, 3.05) is 6.54 Å². The van der Waals surface area contributed by atoms with Crippen LogP contribution in [0.25, 0.3) is 10.8 Å². The van der Waals surface area contributed by atoms with Gasteiger partial charge in [-0.3, -0.25) is 9.59 Å². The number of nitrogens with one attached hydrogen (secondary N) is 6. The van der Waals surface area contributed by atoms with Gasteiger partial charge in [0, 0.05) is 36.9 Å². The molecule has 0 radical (unpaired) electrons. The smallest absolute Gasteiger partial charge is 0.251 e. The van der Waals surface area contributed by atoms with Gasteiger partial charge < -0.3 is 31.2 Å². The number of imidazole rings is 2. The fourth-order valence-corrected chi connectivity index (χ4v) is 5.22. The minimum Gasteiger partial charge on any atom is -0.348 e. The van der Waals surface area contributed by atoms with Crippen LogP contribution in [0.1, 0.15) is 71.9 Å². The van der Waals surface area contributed by atoms with Crippen LogP contribution in [0.5, 0.6) is 0 Å². The van der Waals surface area contributed by atoms with E-state index >= 15 is 0 Å². The first-order valence-electron chi connectivity index (χ1n) is 15.1. The minimum atomic E-state index is -0.694. The van der Waals surface area contributed by atoms with E-state index in [0.717, 1.165) is 33.5 Å². The second kappa shape index (κ2) is 15.1. The molecule has 5 aromatic rings. The number of amides is 2. The number of hydrogen-bond donors (Lipinski definition) is 6. The number of rotatable bonds is 15. The van der Waals surface area contributed by atoms with Gasteiger partial charge in [-0.05, 0) is 67.3 Å². The van der Waals surface area contributed by atoms with Crippen LogP contribution >= 0.6 is 0 Å². The lowest BCUT2D eigenvalue weighted by Crippen LogP contribution is -2.47. The number of fused-ring (bicyclic) bond motifs is 1. The van der Waals surface area contributed by atoms with Gasteiger partial charge in [0.1, 0.15) is 17.7 Å². The van der Waals surface area contributed by atoms with Gasteiger partial charge in [0.25, 0.3) is 5.91 Å². The summed E-state index contributed by atoms with van der Waals surface area (Å²) < 4.78 is 0. The highest BCUT2D eigenvalue weighted by atomic mass is 16.2. The van der Waals surface area contributed by atoms with E-state index in [2.05, 4.69) is 59.4 Å². The molecule has 5 rings (SSSR count). The summed E-state index contributed by atoms with van der Waals surface area (Å²) in [6, 6.07) is 20.8. The molecule has 0 aliphatic heterocycles. The van der Waals surface area contributed by atoms with E-state index in [0.29, 0.717) is 38.0 Å². The summed E-state index contributed by atoms with van der Waals surface area (Å²) in [6.07, 6.45) is 8.22. The molecule has 0 aliphatic carbocycles. The zero-order valence-electron chi connectivity index (χ0n) is 25.1. The summed E-state index contributed by atoms with van der Waals surface area (Å²) >= 11 is 0. The van der Waals surface area contributed by atoms with Gasteiger partial charge in [-0.15, -0.1) is 0 Å². The topological polar surface area (TPSA) is 140 Å². The molecule has 0 saturated carbocycles. The molecule has 228 valence electrons. The Hall–Kier alpha value is -4.80. The highest BCUT2D eigenvalue weighted by molar-refractivity contribution is 5.97. The van der Waals surface area contributed by atoms with Crippen molar-refractivity contribution in [3.63, 3.8) is 0 Å². The third kappa shape index (κ3) is 8.18. The van der Waals surface area contributed by atoms with Gasteiger partial charge in [0.05, 0.1) is 18.6 Å². The first kappa shape index (κ1) is 30.7. The zero-order chi connectivity index (χ0) is 30.7. The number of hydrogen-bond acceptors (Lipinski definition) is 6. The van der Waals surface area contributed by atoms with Crippen molar-refractivity contribution in [2.24, 2.45) is 0 Å². The van der Waals surface area contributed by atoms with Crippen LogP contribution in [0.2, 0.25) is 0 Å². The maximum absolute atomic E-state index is 13.6. The monoisotopic (exact) mass is 592 g/mol. The predicted molar refractivity (Wildman–Crippen MR) is 172 cm³/mol. The molecule has 0 fully saturated rings. The van der Waals surface area contributed by atoms with E-state index in [1.165, 1.54) is 0 Å². The van der Waals surface area contributed by atoms with E-state index in [1.807, 2.05) is 50.2 Å². The molecule has 2 heterocycles. The molecule has 10 heteroatoms. The molecule has 10 nitrogen and oxygen atoms in total. The molecule has 0 saturated heterocycles. The first-order valence-corrected chi connectivity index (χ1v) is 15.1. The first-order chi connectivity index (χ1) is 21.5. The van der Waals surface area contributed by atoms with Crippen molar-refractivity contribution in [1.29, 1.82) is 0 Å². The summed E-state index contributed by atoms with van der Waals surface area (Å²) in [5.74, 6) is 1.23. The van der Waals surface area contributed by atoms with Gasteiger partial charge >= 0.3 is 0 Å². The van der Waals surface area contributed by atoms with Crippen molar-refractivity contribution < 1.29 is 9.59 Å². The number of benzene rings is 3. The van der Waals surface area contributed by atoms with Crippen LogP contribution in [0, 0.1) is 0 Å². The Bertz CT molecular complexity index is 1610. The number of nitrogens with zero attached hydrogens (tertiary/aromatic N) is 2. The fraction of sp³-hybridized carbons (Fsp3) is 0.294. The van der Waals surface area contributed by atoms with Crippen molar-refractivity contribution >= 4 is 22.6 Å². The lowest BCUT2D eigenvalue weighted by Gasteiger charge is -2.23. The molecule has 3 atom stereocenters. The number of carbonyl (C=O) groups is 2. The number of H-pyrrole nitrogens is 2. The maximum Gasteiger partial charge on any atom is 0.251 e. The summed E-state index contributed by atoms with van der Waals surface area (Å²) in [5, 5.41) is 15.1. The maximum atomic E-state index is 13.6. The van der Waals surface area contributed by atoms with Crippen molar-refractivity contribution in [3.8, 4) is 0 Å². The molecule has 3 aromatic carbocycles. The highest BCUT2D eigenvalue weighted by Crippen LogP contribution is 2.24. The largest absolute Gasteiger partial charge is 0.348 e. The summed E-state index contributed by atoms with van der Waals surface area (Å²) in [7, 11) is 0. The van der Waals surface area contributed by atoms with E-state index in [4.69, 9.17) is 0 Å². The molecular weight excluding hydrogens is 552 g/mol. The molecular formula is C34H40N8O2. The van der Waals surface area contributed by atoms with Crippen LogP contribution < -0.4 is 21.3 Å². The van der Waals surface area contributed by atoms with Crippen LogP contribution in [-0.4, -0.2) is 44.3 Å². The molecule has 0 bridgehead atoms. The van der Waals surface area contributed by atoms with Crippen LogP contribution in [0.15, 0.2) is 91.5 Å². The summed E-state index contributed by atoms with van der Waals surface area (Å²) in [4.78, 5) is 41.6. The van der Waals surface area contributed by atoms with Crippen LogP contribution in [0.4, 0.5) is 0 Å². The predicted octanol–water partition coefficient (Wildman–Crippen LogP) is 4.68. The number of carbonyl (C=O) groups excluding carboxylic acids is 2. The van der Waals surface area contributed by atoms with E-state index < -0.39 is 6.04 Å². The van der Waals surface area contributed by atoms with Crippen molar-refractivity contribution in [3.05, 3.63) is 120 Å². The highest BCUT2D eigenvalue weighted by Gasteiger charge is 2.23. The molecule has 2 aromatic heterocycles. The SMILES string of the molecule is CC(NCc1ccc(C(=O)N[C@@H](CCCNCc2ncc[nH]2)C(=O)N[C@@H](C)c2cccc3ccccc23)cc1)c1ncc[nH]1. The van der Waals surface area contributed by atoms with E-state index in [9.17, 15) is 9.59 Å². The van der Waals surface area contributed by atoms with Gasteiger partial charge in [0.2, 0.25) is 5.91 Å². The average Bonchev–Trinajstić information content (AvgIpc) is 3.78. The van der Waals surface area contributed by atoms with Gasteiger partial charge in [-0.1, -0.05) is 54.6 Å². The molecule has 6 N–H and O–H groups in total. The third-order valence-electron chi connectivity index (χ3n) is 7.72. The Kier molecular flexibility index (Phi) is 10.5. The Morgan fingerprint density at radius 3 is 2.36 bits per heavy atom. The summed E-state index contributed by atoms with van der Waals surface area (Å²) in [6.45, 7) is 5.93. The quantitative estimate of drug-likeness (QED) is 0.0976. The second-order valence-corrected chi connectivity index (χ2v) is 11.0. The Balaban J connectivity index is 1.21. The zero-order valence-corrected chi connectivity index (χ0v) is 25.1. The number of aromatic nitrogens is 4. The standard InChI is InChI=1S/C34H40N8O2/c1-23(28-10-5-8-26-7-3-4-9-29(26)28)41-34(44)30(11-6-16-35-22-31-36-17-18-37-31)42-33(43)27-14-12-25(13-15-27)21-40-24(2)32-38-19-20-39-32/h3-5,7-10,12-15,17-20,23-24,30,35,40H,6,11,16,21-22H2,1-2H3,(H,36,37)(H,38,39)(H,41,44)(H,42,43)/t23-,24?,30-/m0/s1. The van der Waals surface area contributed by atoms with E-state index in [1.54, 1.807) is 36.9 Å². The summed E-state index contributed by atoms with van der Waals surface area (Å²) in [5.41, 5.74) is 2.58. The molecule has 0 spiro atoms. The lowest BCUT2D eigenvalue weighted by molar-refractivity contribution is -0.123. The van der Waals surface area contributed by atoms with Gasteiger partial charge in [-0.25, -0.2) is 9.97 Å². The van der Waals surface area contributed by atoms with Crippen LogP contribution in [-0.2, 0) is 17.9 Å².